The lowest BCUT2D eigenvalue weighted by atomic mass is 10.1. The number of hydrogen-bond donors (Lipinski definition) is 2. The van der Waals surface area contributed by atoms with Gasteiger partial charge in [-0.05, 0) is 28.1 Å². The van der Waals surface area contributed by atoms with Gasteiger partial charge in [-0.2, -0.15) is 5.10 Å². The third-order valence-electron chi connectivity index (χ3n) is 2.15. The first kappa shape index (κ1) is 11.7. The molecule has 0 aliphatic carbocycles. The van der Waals surface area contributed by atoms with E-state index in [9.17, 15) is 9.59 Å². The van der Waals surface area contributed by atoms with Gasteiger partial charge in [0.15, 0.2) is 0 Å². The molecule has 2 N–H and O–H groups in total. The summed E-state index contributed by atoms with van der Waals surface area (Å²) in [5.74, 6) is -0.499. The predicted octanol–water partition coefficient (Wildman–Crippen LogP) is 1.05. The minimum atomic E-state index is -0.325. The van der Waals surface area contributed by atoms with E-state index in [1.807, 2.05) is 0 Å². The van der Waals surface area contributed by atoms with Crippen molar-refractivity contribution in [3.8, 4) is 0 Å². The first-order valence-electron chi connectivity index (χ1n) is 4.93. The number of halogens is 1. The Bertz CT molecular complexity index is 484. The van der Waals surface area contributed by atoms with Crippen LogP contribution < -0.4 is 10.7 Å². The molecule has 0 saturated carbocycles. The van der Waals surface area contributed by atoms with Gasteiger partial charge >= 0.3 is 0 Å². The maximum atomic E-state index is 11.7. The van der Waals surface area contributed by atoms with Crippen LogP contribution in [0.5, 0.6) is 0 Å². The van der Waals surface area contributed by atoms with Crippen molar-refractivity contribution in [3.63, 3.8) is 0 Å². The molecule has 1 aromatic rings. The molecule has 0 aromatic carbocycles. The molecular formula is C10H9BrN4O2. The summed E-state index contributed by atoms with van der Waals surface area (Å²) in [6, 6.07) is 3.44. The van der Waals surface area contributed by atoms with Crippen molar-refractivity contribution < 1.29 is 9.59 Å². The lowest BCUT2D eigenvalue weighted by Crippen LogP contribution is -2.32. The largest absolute Gasteiger partial charge is 0.319 e. The van der Waals surface area contributed by atoms with Gasteiger partial charge in [0.25, 0.3) is 5.91 Å². The third-order valence-corrected chi connectivity index (χ3v) is 2.62. The van der Waals surface area contributed by atoms with Crippen molar-refractivity contribution in [2.24, 2.45) is 5.10 Å². The van der Waals surface area contributed by atoms with Gasteiger partial charge in [-0.15, -0.1) is 0 Å². The maximum absolute atomic E-state index is 11.7. The number of hydrogen-bond acceptors (Lipinski definition) is 4. The van der Waals surface area contributed by atoms with Gasteiger partial charge in [-0.25, -0.2) is 10.4 Å². The third kappa shape index (κ3) is 3.10. The Balaban J connectivity index is 2.02. The van der Waals surface area contributed by atoms with Gasteiger partial charge in [0.1, 0.15) is 10.3 Å². The van der Waals surface area contributed by atoms with E-state index < -0.39 is 0 Å². The fourth-order valence-electron chi connectivity index (χ4n) is 1.29. The minimum Gasteiger partial charge on any atom is -0.319 e. The number of nitrogens with zero attached hydrogens (tertiary/aromatic N) is 2. The van der Waals surface area contributed by atoms with Crippen molar-refractivity contribution in [2.45, 2.75) is 12.8 Å². The van der Waals surface area contributed by atoms with Gasteiger partial charge in [0.2, 0.25) is 5.91 Å². The van der Waals surface area contributed by atoms with Crippen molar-refractivity contribution >= 4 is 39.1 Å². The Labute approximate surface area is 106 Å². The van der Waals surface area contributed by atoms with Gasteiger partial charge < -0.3 is 5.32 Å². The van der Waals surface area contributed by atoms with E-state index in [2.05, 4.69) is 36.8 Å². The molecule has 2 heterocycles. The Morgan fingerprint density at radius 1 is 1.41 bits per heavy atom. The Kier molecular flexibility index (Phi) is 3.48. The fraction of sp³-hybridized carbons (Fsp3) is 0.200. The lowest BCUT2D eigenvalue weighted by molar-refractivity contribution is -0.121. The Morgan fingerprint density at radius 2 is 2.24 bits per heavy atom. The summed E-state index contributed by atoms with van der Waals surface area (Å²) in [7, 11) is 0. The van der Waals surface area contributed by atoms with Gasteiger partial charge in [0, 0.05) is 12.8 Å². The van der Waals surface area contributed by atoms with E-state index in [1.54, 1.807) is 12.1 Å². The predicted molar refractivity (Wildman–Crippen MR) is 65.4 cm³/mol. The molecule has 88 valence electrons. The number of pyridine rings is 1. The number of aromatic nitrogens is 1. The highest BCUT2D eigenvalue weighted by molar-refractivity contribution is 9.10. The number of hydrazone groups is 1. The number of anilines is 1. The van der Waals surface area contributed by atoms with Gasteiger partial charge in [0.05, 0.1) is 11.9 Å². The minimum absolute atomic E-state index is 0.174. The van der Waals surface area contributed by atoms with E-state index in [1.165, 1.54) is 6.20 Å². The number of amides is 2. The van der Waals surface area contributed by atoms with Crippen LogP contribution in [0.3, 0.4) is 0 Å². The molecule has 0 spiro atoms. The van der Waals surface area contributed by atoms with Crippen LogP contribution in [0.25, 0.3) is 0 Å². The van der Waals surface area contributed by atoms with Crippen LogP contribution >= 0.6 is 15.9 Å². The second kappa shape index (κ2) is 5.05. The van der Waals surface area contributed by atoms with Crippen molar-refractivity contribution in [1.82, 2.24) is 10.4 Å². The van der Waals surface area contributed by atoms with Gasteiger partial charge in [-0.3, -0.25) is 9.59 Å². The van der Waals surface area contributed by atoms with E-state index in [4.69, 9.17) is 0 Å². The summed E-state index contributed by atoms with van der Waals surface area (Å²) >= 11 is 3.20. The Hall–Kier alpha value is -1.76. The number of rotatable bonds is 2. The molecule has 0 saturated heterocycles. The van der Waals surface area contributed by atoms with Crippen LogP contribution in [0.4, 0.5) is 5.69 Å². The summed E-state index contributed by atoms with van der Waals surface area (Å²) in [4.78, 5) is 26.6. The van der Waals surface area contributed by atoms with E-state index >= 15 is 0 Å². The summed E-state index contributed by atoms with van der Waals surface area (Å²) in [5.41, 5.74) is 3.17. The molecule has 6 nitrogen and oxygen atoms in total. The first-order valence-corrected chi connectivity index (χ1v) is 5.73. The molecule has 1 aliphatic heterocycles. The van der Waals surface area contributed by atoms with Crippen LogP contribution in [-0.4, -0.2) is 22.5 Å². The summed E-state index contributed by atoms with van der Waals surface area (Å²) in [6.45, 7) is 0. The van der Waals surface area contributed by atoms with Crippen LogP contribution in [0, 0.1) is 0 Å². The second-order valence-electron chi connectivity index (χ2n) is 3.42. The molecule has 0 bridgehead atoms. The zero-order valence-corrected chi connectivity index (χ0v) is 10.3. The van der Waals surface area contributed by atoms with Crippen molar-refractivity contribution in [3.05, 3.63) is 22.9 Å². The zero-order valence-electron chi connectivity index (χ0n) is 8.74. The number of carbonyl (C=O) groups is 2. The monoisotopic (exact) mass is 296 g/mol. The average molecular weight is 297 g/mol. The lowest BCUT2D eigenvalue weighted by Gasteiger charge is -2.11. The van der Waals surface area contributed by atoms with Crippen molar-refractivity contribution in [1.29, 1.82) is 0 Å². The fourth-order valence-corrected chi connectivity index (χ4v) is 1.53. The standard InChI is InChI=1S/C10H9BrN4O2/c11-8-3-1-6(5-12-8)13-10(17)7-2-4-9(16)15-14-7/h1,3,5H,2,4H2,(H,13,17)(H,15,16). The highest BCUT2D eigenvalue weighted by Gasteiger charge is 2.18. The van der Waals surface area contributed by atoms with Gasteiger partial charge in [-0.1, -0.05) is 0 Å². The number of carbonyl (C=O) groups excluding carboxylic acids is 2. The highest BCUT2D eigenvalue weighted by Crippen LogP contribution is 2.11. The summed E-state index contributed by atoms with van der Waals surface area (Å²) in [6.07, 6.45) is 2.16. The topological polar surface area (TPSA) is 83.5 Å². The van der Waals surface area contributed by atoms with Crippen molar-refractivity contribution in [2.75, 3.05) is 5.32 Å². The molecule has 1 aromatic heterocycles. The van der Waals surface area contributed by atoms with Crippen LogP contribution in [0.15, 0.2) is 28.0 Å². The average Bonchev–Trinajstić information content (AvgIpc) is 2.33. The Morgan fingerprint density at radius 3 is 2.82 bits per heavy atom. The van der Waals surface area contributed by atoms with E-state index in [0.717, 1.165) is 0 Å². The highest BCUT2D eigenvalue weighted by atomic mass is 79.9. The molecule has 2 rings (SSSR count). The second-order valence-corrected chi connectivity index (χ2v) is 4.23. The molecule has 1 aliphatic rings. The molecule has 0 atom stereocenters. The van der Waals surface area contributed by atoms with E-state index in [0.29, 0.717) is 22.4 Å². The number of nitrogens with one attached hydrogen (secondary N) is 2. The van der Waals surface area contributed by atoms with Crippen LogP contribution in [0.1, 0.15) is 12.8 Å². The summed E-state index contributed by atoms with van der Waals surface area (Å²) < 4.78 is 0.692. The first-order chi connectivity index (χ1) is 8.15. The van der Waals surface area contributed by atoms with Crippen LogP contribution in [-0.2, 0) is 9.59 Å². The molecule has 0 radical (unpaired) electrons. The molecule has 17 heavy (non-hydrogen) atoms. The molecule has 0 fully saturated rings. The normalized spacial score (nSPS) is 14.9. The molecular weight excluding hydrogens is 288 g/mol. The quantitative estimate of drug-likeness (QED) is 0.800. The summed E-state index contributed by atoms with van der Waals surface area (Å²) in [5, 5.41) is 6.35. The molecule has 7 heteroatoms. The zero-order chi connectivity index (χ0) is 12.3. The molecule has 2 amide bonds. The maximum Gasteiger partial charge on any atom is 0.271 e. The smallest absolute Gasteiger partial charge is 0.271 e. The van der Waals surface area contributed by atoms with E-state index in [-0.39, 0.29) is 18.2 Å². The molecule has 0 unspecified atom stereocenters. The van der Waals surface area contributed by atoms with Crippen LogP contribution in [0.2, 0.25) is 0 Å². The SMILES string of the molecule is O=C1CCC(C(=O)Nc2ccc(Br)nc2)=NN1.